The number of hydrogen-bond acceptors (Lipinski definition) is 3. The lowest BCUT2D eigenvalue weighted by Crippen LogP contribution is -2.41. The van der Waals surface area contributed by atoms with Gasteiger partial charge in [0, 0.05) is 42.3 Å². The highest BCUT2D eigenvalue weighted by molar-refractivity contribution is 6.07. The van der Waals surface area contributed by atoms with Crippen molar-refractivity contribution in [3.8, 4) is 5.75 Å². The molecule has 1 N–H and O–H groups in total. The molecular formula is C26H29N3O3. The van der Waals surface area contributed by atoms with Crippen LogP contribution >= 0.6 is 0 Å². The van der Waals surface area contributed by atoms with Crippen molar-refractivity contribution >= 4 is 28.8 Å². The molecule has 2 aromatic carbocycles. The topological polar surface area (TPSA) is 63.6 Å². The minimum atomic E-state index is -0.363. The molecule has 2 amide bonds. The van der Waals surface area contributed by atoms with E-state index in [1.54, 1.807) is 24.3 Å². The summed E-state index contributed by atoms with van der Waals surface area (Å²) in [6.07, 6.45) is 6.92. The Morgan fingerprint density at radius 1 is 1.03 bits per heavy atom. The van der Waals surface area contributed by atoms with Crippen LogP contribution in [0.2, 0.25) is 0 Å². The quantitative estimate of drug-likeness (QED) is 0.587. The molecule has 32 heavy (non-hydrogen) atoms. The number of aryl methyl sites for hydroxylation is 1. The molecule has 0 atom stereocenters. The Morgan fingerprint density at radius 2 is 1.75 bits per heavy atom. The maximum atomic E-state index is 13.4. The summed E-state index contributed by atoms with van der Waals surface area (Å²) in [4.78, 5) is 28.4. The monoisotopic (exact) mass is 431 g/mol. The molecule has 1 aromatic heterocycles. The van der Waals surface area contributed by atoms with Crippen LogP contribution in [-0.4, -0.2) is 41.5 Å². The number of aromatic nitrogens is 1. The van der Waals surface area contributed by atoms with Crippen molar-refractivity contribution in [1.82, 2.24) is 14.8 Å². The first-order valence-electron chi connectivity index (χ1n) is 11.2. The van der Waals surface area contributed by atoms with Crippen molar-refractivity contribution in [2.75, 3.05) is 20.2 Å². The van der Waals surface area contributed by atoms with E-state index in [2.05, 4.69) is 22.9 Å². The smallest absolute Gasteiger partial charge is 0.270 e. The van der Waals surface area contributed by atoms with Gasteiger partial charge < -0.3 is 19.5 Å². The number of nitrogens with one attached hydrogen (secondary N) is 1. The van der Waals surface area contributed by atoms with Gasteiger partial charge in [0.2, 0.25) is 0 Å². The summed E-state index contributed by atoms with van der Waals surface area (Å²) < 4.78 is 7.48. The number of nitrogens with zero attached hydrogens (tertiary/aromatic N) is 2. The third-order valence-electron chi connectivity index (χ3n) is 5.93. The number of para-hydroxylation sites is 2. The Bertz CT molecular complexity index is 1160. The van der Waals surface area contributed by atoms with Gasteiger partial charge in [-0.15, -0.1) is 0 Å². The molecule has 0 saturated carbocycles. The van der Waals surface area contributed by atoms with Gasteiger partial charge >= 0.3 is 0 Å². The van der Waals surface area contributed by atoms with Crippen LogP contribution in [0.5, 0.6) is 5.75 Å². The summed E-state index contributed by atoms with van der Waals surface area (Å²) in [5, 5.41) is 3.93. The minimum Gasteiger partial charge on any atom is -0.496 e. The van der Waals surface area contributed by atoms with E-state index in [9.17, 15) is 9.59 Å². The highest BCUT2D eigenvalue weighted by Crippen LogP contribution is 2.25. The number of ether oxygens (including phenoxy) is 1. The second-order valence-electron chi connectivity index (χ2n) is 7.95. The third kappa shape index (κ3) is 4.40. The molecule has 3 aromatic rings. The van der Waals surface area contributed by atoms with Crippen molar-refractivity contribution in [3.05, 3.63) is 71.6 Å². The zero-order valence-electron chi connectivity index (χ0n) is 18.6. The van der Waals surface area contributed by atoms with Gasteiger partial charge in [0.05, 0.1) is 12.7 Å². The van der Waals surface area contributed by atoms with Crippen molar-refractivity contribution in [1.29, 1.82) is 0 Å². The summed E-state index contributed by atoms with van der Waals surface area (Å²) in [6.45, 7) is 4.31. The highest BCUT2D eigenvalue weighted by Gasteiger charge is 2.24. The van der Waals surface area contributed by atoms with Gasteiger partial charge in [0.25, 0.3) is 11.8 Å². The van der Waals surface area contributed by atoms with E-state index in [1.165, 1.54) is 7.11 Å². The molecule has 1 saturated heterocycles. The molecule has 0 radical (unpaired) electrons. The lowest BCUT2D eigenvalue weighted by atomic mass is 10.1. The summed E-state index contributed by atoms with van der Waals surface area (Å²) in [7, 11) is 1.53. The molecular weight excluding hydrogens is 402 g/mol. The number of carbonyl (C=O) groups is 2. The molecule has 1 aliphatic rings. The molecule has 1 fully saturated rings. The van der Waals surface area contributed by atoms with Gasteiger partial charge in [-0.3, -0.25) is 9.59 Å². The zero-order valence-corrected chi connectivity index (χ0v) is 18.6. The second kappa shape index (κ2) is 9.73. The van der Waals surface area contributed by atoms with Crippen molar-refractivity contribution in [2.24, 2.45) is 0 Å². The Labute approximate surface area is 188 Å². The average molecular weight is 432 g/mol. The van der Waals surface area contributed by atoms with Crippen LogP contribution in [0.25, 0.3) is 17.0 Å². The Balaban J connectivity index is 1.74. The second-order valence-corrected chi connectivity index (χ2v) is 7.95. The Kier molecular flexibility index (Phi) is 6.59. The summed E-state index contributed by atoms with van der Waals surface area (Å²) in [5.41, 5.74) is 2.68. The molecule has 0 bridgehead atoms. The summed E-state index contributed by atoms with van der Waals surface area (Å²) in [5.74, 6) is -0.0445. The molecule has 2 heterocycles. The molecule has 1 aliphatic heterocycles. The number of piperidine rings is 1. The van der Waals surface area contributed by atoms with E-state index >= 15 is 0 Å². The Hall–Kier alpha value is -3.54. The SMILES string of the molecule is CCn1cc(/C=C(\NC(=O)c2ccccc2OC)C(=O)N2CCCCC2)c2ccccc21. The van der Waals surface area contributed by atoms with Crippen LogP contribution in [0.1, 0.15) is 42.1 Å². The average Bonchev–Trinajstić information content (AvgIpc) is 3.21. The van der Waals surface area contributed by atoms with Gasteiger partial charge in [-0.25, -0.2) is 0 Å². The van der Waals surface area contributed by atoms with Crippen LogP contribution in [-0.2, 0) is 11.3 Å². The number of hydrogen-bond donors (Lipinski definition) is 1. The molecule has 166 valence electrons. The first kappa shape index (κ1) is 21.7. The molecule has 6 nitrogen and oxygen atoms in total. The van der Waals surface area contributed by atoms with E-state index in [1.807, 2.05) is 35.4 Å². The predicted molar refractivity (Wildman–Crippen MR) is 126 cm³/mol. The fraction of sp³-hybridized carbons (Fsp3) is 0.308. The highest BCUT2D eigenvalue weighted by atomic mass is 16.5. The number of rotatable bonds is 6. The summed E-state index contributed by atoms with van der Waals surface area (Å²) in [6, 6.07) is 15.1. The van der Waals surface area contributed by atoms with Crippen molar-refractivity contribution < 1.29 is 14.3 Å². The standard InChI is InChI=1S/C26H29N3O3/c1-3-28-18-19(20-11-5-7-13-23(20)28)17-22(26(31)29-15-9-4-10-16-29)27-25(30)21-12-6-8-14-24(21)32-2/h5-8,11-14,17-18H,3-4,9-10,15-16H2,1-2H3,(H,27,30)/b22-17-. The van der Waals surface area contributed by atoms with Gasteiger partial charge in [0.15, 0.2) is 0 Å². The van der Waals surface area contributed by atoms with Crippen LogP contribution in [0.15, 0.2) is 60.4 Å². The third-order valence-corrected chi connectivity index (χ3v) is 5.93. The van der Waals surface area contributed by atoms with E-state index in [0.29, 0.717) is 24.4 Å². The van der Waals surface area contributed by atoms with E-state index in [-0.39, 0.29) is 17.5 Å². The van der Waals surface area contributed by atoms with Gasteiger partial charge in [0.1, 0.15) is 11.4 Å². The van der Waals surface area contributed by atoms with Gasteiger partial charge in [-0.2, -0.15) is 0 Å². The van der Waals surface area contributed by atoms with Crippen molar-refractivity contribution in [3.63, 3.8) is 0 Å². The maximum Gasteiger partial charge on any atom is 0.270 e. The number of carbonyl (C=O) groups excluding carboxylic acids is 2. The molecule has 0 unspecified atom stereocenters. The Morgan fingerprint density at radius 3 is 2.50 bits per heavy atom. The van der Waals surface area contributed by atoms with Gasteiger partial charge in [-0.1, -0.05) is 30.3 Å². The number of amides is 2. The number of likely N-dealkylation sites (tertiary alicyclic amines) is 1. The van der Waals surface area contributed by atoms with E-state index in [0.717, 1.165) is 42.3 Å². The number of fused-ring (bicyclic) bond motifs is 1. The van der Waals surface area contributed by atoms with Crippen LogP contribution < -0.4 is 10.1 Å². The minimum absolute atomic E-state index is 0.152. The normalized spacial score (nSPS) is 14.4. The lowest BCUT2D eigenvalue weighted by Gasteiger charge is -2.27. The number of benzene rings is 2. The molecule has 4 rings (SSSR count). The number of methoxy groups -OCH3 is 1. The van der Waals surface area contributed by atoms with E-state index < -0.39 is 0 Å². The molecule has 0 spiro atoms. The van der Waals surface area contributed by atoms with Crippen molar-refractivity contribution in [2.45, 2.75) is 32.7 Å². The van der Waals surface area contributed by atoms with Crippen LogP contribution in [0, 0.1) is 0 Å². The largest absolute Gasteiger partial charge is 0.496 e. The first-order chi connectivity index (χ1) is 15.6. The molecule has 6 heteroatoms. The maximum absolute atomic E-state index is 13.4. The zero-order chi connectivity index (χ0) is 22.5. The molecule has 0 aliphatic carbocycles. The van der Waals surface area contributed by atoms with Crippen LogP contribution in [0.4, 0.5) is 0 Å². The van der Waals surface area contributed by atoms with E-state index in [4.69, 9.17) is 4.74 Å². The fourth-order valence-corrected chi connectivity index (χ4v) is 4.25. The van der Waals surface area contributed by atoms with Crippen LogP contribution in [0.3, 0.4) is 0 Å². The predicted octanol–water partition coefficient (Wildman–Crippen LogP) is 4.45. The first-order valence-corrected chi connectivity index (χ1v) is 11.2. The van der Waals surface area contributed by atoms with Gasteiger partial charge in [-0.05, 0) is 50.5 Å². The summed E-state index contributed by atoms with van der Waals surface area (Å²) >= 11 is 0. The fourth-order valence-electron chi connectivity index (χ4n) is 4.25. The lowest BCUT2D eigenvalue weighted by molar-refractivity contribution is -0.128.